The van der Waals surface area contributed by atoms with Crippen LogP contribution >= 0.6 is 11.3 Å². The minimum atomic E-state index is 0.00963. The Morgan fingerprint density at radius 2 is 1.95 bits per heavy atom. The number of nitrogens with zero attached hydrogens (tertiary/aromatic N) is 3. The second-order valence-corrected chi connectivity index (χ2v) is 6.52. The largest absolute Gasteiger partial charge is 0.360 e. The summed E-state index contributed by atoms with van der Waals surface area (Å²) in [4.78, 5) is 12.8. The third-order valence-corrected chi connectivity index (χ3v) is 4.15. The fraction of sp³-hybridized carbons (Fsp3) is 0.533. The number of hydrogen-bond donors (Lipinski definition) is 1. The Labute approximate surface area is 129 Å². The van der Waals surface area contributed by atoms with E-state index in [1.54, 1.807) is 0 Å². The lowest BCUT2D eigenvalue weighted by Gasteiger charge is -2.19. The first kappa shape index (κ1) is 15.7. The molecule has 5 nitrogen and oxygen atoms in total. The van der Waals surface area contributed by atoms with Crippen molar-refractivity contribution < 1.29 is 0 Å². The highest BCUT2D eigenvalue weighted by molar-refractivity contribution is 7.18. The molecular formula is C15H22N4OS. The molecule has 0 spiro atoms. The third-order valence-electron chi connectivity index (χ3n) is 3.24. The summed E-state index contributed by atoms with van der Waals surface area (Å²) in [6.07, 6.45) is 0. The van der Waals surface area contributed by atoms with E-state index in [0.29, 0.717) is 16.5 Å². The fourth-order valence-corrected chi connectivity index (χ4v) is 3.12. The molecule has 0 fully saturated rings. The van der Waals surface area contributed by atoms with Gasteiger partial charge in [0.1, 0.15) is 0 Å². The SMILES string of the molecule is CCNc1nnc(-c2ccc(C(C)C)n(C(C)C)c2=O)s1. The van der Waals surface area contributed by atoms with Crippen molar-refractivity contribution >= 4 is 16.5 Å². The predicted molar refractivity (Wildman–Crippen MR) is 88.2 cm³/mol. The van der Waals surface area contributed by atoms with E-state index < -0.39 is 0 Å². The number of pyridine rings is 1. The van der Waals surface area contributed by atoms with Crippen LogP contribution in [-0.4, -0.2) is 21.3 Å². The Morgan fingerprint density at radius 1 is 1.24 bits per heavy atom. The standard InChI is InChI=1S/C15H22N4OS/c1-6-16-15-18-17-13(21-15)11-7-8-12(9(2)3)19(10(4)5)14(11)20/h7-10H,6H2,1-5H3,(H,16,18). The van der Waals surface area contributed by atoms with Crippen molar-refractivity contribution in [3.05, 3.63) is 28.2 Å². The van der Waals surface area contributed by atoms with E-state index in [2.05, 4.69) is 29.4 Å². The Bertz CT molecular complexity index is 673. The van der Waals surface area contributed by atoms with Crippen LogP contribution in [0, 0.1) is 0 Å². The zero-order valence-corrected chi connectivity index (χ0v) is 14.0. The summed E-state index contributed by atoms with van der Waals surface area (Å²) in [7, 11) is 0. The van der Waals surface area contributed by atoms with Crippen LogP contribution < -0.4 is 10.9 Å². The van der Waals surface area contributed by atoms with Crippen molar-refractivity contribution in [3.63, 3.8) is 0 Å². The topological polar surface area (TPSA) is 59.8 Å². The van der Waals surface area contributed by atoms with Crippen LogP contribution in [0.15, 0.2) is 16.9 Å². The average molecular weight is 306 g/mol. The van der Waals surface area contributed by atoms with E-state index in [9.17, 15) is 4.79 Å². The molecule has 0 amide bonds. The smallest absolute Gasteiger partial charge is 0.261 e. The third kappa shape index (κ3) is 3.15. The molecule has 0 saturated heterocycles. The lowest BCUT2D eigenvalue weighted by Crippen LogP contribution is -2.27. The van der Waals surface area contributed by atoms with E-state index in [0.717, 1.165) is 17.4 Å². The maximum absolute atomic E-state index is 12.8. The van der Waals surface area contributed by atoms with Crippen molar-refractivity contribution in [3.8, 4) is 10.6 Å². The van der Waals surface area contributed by atoms with Gasteiger partial charge in [-0.25, -0.2) is 0 Å². The molecule has 2 aromatic heterocycles. The zero-order valence-electron chi connectivity index (χ0n) is 13.2. The van der Waals surface area contributed by atoms with Gasteiger partial charge in [0.25, 0.3) is 5.56 Å². The molecule has 0 bridgehead atoms. The van der Waals surface area contributed by atoms with Crippen LogP contribution in [0.2, 0.25) is 0 Å². The fourth-order valence-electron chi connectivity index (χ4n) is 2.29. The summed E-state index contributed by atoms with van der Waals surface area (Å²) in [5, 5.41) is 12.7. The molecule has 0 saturated carbocycles. The monoisotopic (exact) mass is 306 g/mol. The van der Waals surface area contributed by atoms with Gasteiger partial charge in [-0.15, -0.1) is 10.2 Å². The molecule has 2 heterocycles. The first-order valence-corrected chi connectivity index (χ1v) is 8.10. The van der Waals surface area contributed by atoms with E-state index in [1.165, 1.54) is 11.3 Å². The number of rotatable bonds is 5. The van der Waals surface area contributed by atoms with Gasteiger partial charge in [0.2, 0.25) is 5.13 Å². The molecule has 0 aliphatic carbocycles. The van der Waals surface area contributed by atoms with Crippen LogP contribution in [0.5, 0.6) is 0 Å². The van der Waals surface area contributed by atoms with Gasteiger partial charge in [0.15, 0.2) is 5.01 Å². The minimum Gasteiger partial charge on any atom is -0.360 e. The number of hydrogen-bond acceptors (Lipinski definition) is 5. The molecule has 1 N–H and O–H groups in total. The van der Waals surface area contributed by atoms with Gasteiger partial charge >= 0.3 is 0 Å². The van der Waals surface area contributed by atoms with Crippen molar-refractivity contribution in [2.75, 3.05) is 11.9 Å². The van der Waals surface area contributed by atoms with Gasteiger partial charge in [-0.1, -0.05) is 25.2 Å². The Morgan fingerprint density at radius 3 is 2.52 bits per heavy atom. The first-order chi connectivity index (χ1) is 9.95. The Balaban J connectivity index is 2.55. The maximum Gasteiger partial charge on any atom is 0.261 e. The number of aromatic nitrogens is 3. The van der Waals surface area contributed by atoms with E-state index >= 15 is 0 Å². The molecule has 21 heavy (non-hydrogen) atoms. The van der Waals surface area contributed by atoms with Gasteiger partial charge in [0, 0.05) is 18.3 Å². The summed E-state index contributed by atoms with van der Waals surface area (Å²) in [6, 6.07) is 4.01. The van der Waals surface area contributed by atoms with Gasteiger partial charge in [-0.05, 0) is 38.8 Å². The molecule has 0 aliphatic heterocycles. The van der Waals surface area contributed by atoms with Gasteiger partial charge in [-0.3, -0.25) is 4.79 Å². The minimum absolute atomic E-state index is 0.00963. The Kier molecular flexibility index (Phi) is 4.77. The summed E-state index contributed by atoms with van der Waals surface area (Å²) >= 11 is 1.41. The van der Waals surface area contributed by atoms with Crippen LogP contribution in [-0.2, 0) is 0 Å². The summed E-state index contributed by atoms with van der Waals surface area (Å²) < 4.78 is 1.86. The van der Waals surface area contributed by atoms with Crippen LogP contribution in [0.3, 0.4) is 0 Å². The molecule has 0 radical (unpaired) electrons. The van der Waals surface area contributed by atoms with Crippen LogP contribution in [0.4, 0.5) is 5.13 Å². The normalized spacial score (nSPS) is 11.4. The predicted octanol–water partition coefficient (Wildman–Crippen LogP) is 3.50. The number of nitrogens with one attached hydrogen (secondary N) is 1. The maximum atomic E-state index is 12.8. The summed E-state index contributed by atoms with van der Waals surface area (Å²) in [5.74, 6) is 0.306. The molecule has 2 aromatic rings. The van der Waals surface area contributed by atoms with Crippen LogP contribution in [0.25, 0.3) is 10.6 Å². The van der Waals surface area contributed by atoms with E-state index in [1.807, 2.05) is 37.5 Å². The highest BCUT2D eigenvalue weighted by Gasteiger charge is 2.17. The van der Waals surface area contributed by atoms with Crippen molar-refractivity contribution in [1.29, 1.82) is 0 Å². The van der Waals surface area contributed by atoms with Crippen molar-refractivity contribution in [1.82, 2.24) is 14.8 Å². The molecule has 0 aliphatic rings. The molecule has 0 atom stereocenters. The lowest BCUT2D eigenvalue weighted by molar-refractivity contribution is 0.536. The Hall–Kier alpha value is -1.69. The molecular weight excluding hydrogens is 284 g/mol. The van der Waals surface area contributed by atoms with Crippen molar-refractivity contribution in [2.24, 2.45) is 0 Å². The lowest BCUT2D eigenvalue weighted by atomic mass is 10.1. The van der Waals surface area contributed by atoms with Gasteiger partial charge in [0.05, 0.1) is 5.56 Å². The molecule has 2 rings (SSSR count). The second-order valence-electron chi connectivity index (χ2n) is 5.54. The van der Waals surface area contributed by atoms with E-state index in [4.69, 9.17) is 0 Å². The number of anilines is 1. The molecule has 0 aromatic carbocycles. The van der Waals surface area contributed by atoms with Crippen LogP contribution in [0.1, 0.15) is 52.3 Å². The molecule has 0 unspecified atom stereocenters. The molecule has 6 heteroatoms. The summed E-state index contributed by atoms with van der Waals surface area (Å²) in [5.41, 5.74) is 1.68. The first-order valence-electron chi connectivity index (χ1n) is 7.28. The summed E-state index contributed by atoms with van der Waals surface area (Å²) in [6.45, 7) is 11.0. The van der Waals surface area contributed by atoms with Gasteiger partial charge < -0.3 is 9.88 Å². The van der Waals surface area contributed by atoms with Gasteiger partial charge in [-0.2, -0.15) is 0 Å². The highest BCUT2D eigenvalue weighted by Crippen LogP contribution is 2.26. The zero-order chi connectivity index (χ0) is 15.6. The van der Waals surface area contributed by atoms with Crippen molar-refractivity contribution in [2.45, 2.75) is 46.6 Å². The molecule has 114 valence electrons. The van der Waals surface area contributed by atoms with E-state index in [-0.39, 0.29) is 11.6 Å². The second kappa shape index (κ2) is 6.39. The quantitative estimate of drug-likeness (QED) is 0.918. The highest BCUT2D eigenvalue weighted by atomic mass is 32.1. The average Bonchev–Trinajstić information content (AvgIpc) is 2.86.